The summed E-state index contributed by atoms with van der Waals surface area (Å²) >= 11 is 3.00. The molecule has 5 heteroatoms. The molecule has 0 bridgehead atoms. The molecule has 0 unspecified atom stereocenters. The third-order valence-electron chi connectivity index (χ3n) is 1.47. The molecule has 1 rings (SSSR count). The molecule has 4 N–H and O–H groups in total. The van der Waals surface area contributed by atoms with Gasteiger partial charge in [0.1, 0.15) is 5.82 Å². The Morgan fingerprint density at radius 1 is 1.42 bits per heavy atom. The normalized spacial score (nSPS) is 9.83. The third-order valence-corrected chi connectivity index (χ3v) is 2.12. The van der Waals surface area contributed by atoms with Crippen LogP contribution in [0.15, 0.2) is 10.5 Å². The van der Waals surface area contributed by atoms with Crippen molar-refractivity contribution >= 4 is 33.6 Å². The summed E-state index contributed by atoms with van der Waals surface area (Å²) < 4.78 is 13.2. The molecule has 0 fully saturated rings. The van der Waals surface area contributed by atoms with Gasteiger partial charge in [-0.25, -0.2) is 4.39 Å². The van der Waals surface area contributed by atoms with E-state index in [1.54, 1.807) is 0 Å². The van der Waals surface area contributed by atoms with Gasteiger partial charge in [-0.2, -0.15) is 0 Å². The number of benzene rings is 1. The second-order valence-electron chi connectivity index (χ2n) is 2.20. The number of halogens is 2. The fourth-order valence-corrected chi connectivity index (χ4v) is 1.20. The molecule has 0 saturated carbocycles. The van der Waals surface area contributed by atoms with Gasteiger partial charge in [-0.15, -0.1) is 0 Å². The highest BCUT2D eigenvalue weighted by Crippen LogP contribution is 2.29. The van der Waals surface area contributed by atoms with Gasteiger partial charge in [0.2, 0.25) is 0 Å². The van der Waals surface area contributed by atoms with Crippen molar-refractivity contribution in [2.24, 2.45) is 0 Å². The highest BCUT2D eigenvalue weighted by molar-refractivity contribution is 9.10. The molecule has 0 amide bonds. The molecule has 0 aliphatic rings. The van der Waals surface area contributed by atoms with Crippen LogP contribution in [-0.4, -0.2) is 6.29 Å². The molecule has 12 heavy (non-hydrogen) atoms. The van der Waals surface area contributed by atoms with Gasteiger partial charge in [-0.3, -0.25) is 4.79 Å². The van der Waals surface area contributed by atoms with Gasteiger partial charge in [0.25, 0.3) is 0 Å². The van der Waals surface area contributed by atoms with Crippen LogP contribution in [0, 0.1) is 5.82 Å². The topological polar surface area (TPSA) is 69.1 Å². The van der Waals surface area contributed by atoms with E-state index in [1.165, 1.54) is 0 Å². The van der Waals surface area contributed by atoms with Crippen LogP contribution >= 0.6 is 15.9 Å². The van der Waals surface area contributed by atoms with Gasteiger partial charge in [0.05, 0.1) is 16.9 Å². The van der Waals surface area contributed by atoms with E-state index in [0.717, 1.165) is 6.07 Å². The van der Waals surface area contributed by atoms with Gasteiger partial charge in [0.15, 0.2) is 6.29 Å². The number of rotatable bonds is 1. The van der Waals surface area contributed by atoms with E-state index in [4.69, 9.17) is 11.5 Å². The number of carbonyl (C=O) groups excluding carboxylic acids is 1. The molecule has 1 aromatic carbocycles. The quantitative estimate of drug-likeness (QED) is 0.571. The lowest BCUT2D eigenvalue weighted by atomic mass is 10.1. The number of anilines is 2. The molecule has 0 spiro atoms. The standard InChI is InChI=1S/C7H6BrFN2O/c8-4-1-5(9)3(2-12)6(10)7(4)11/h1-2H,10-11H2. The Morgan fingerprint density at radius 3 is 2.50 bits per heavy atom. The second-order valence-corrected chi connectivity index (χ2v) is 3.05. The van der Waals surface area contributed by atoms with Crippen molar-refractivity contribution in [3.05, 3.63) is 21.9 Å². The summed E-state index contributed by atoms with van der Waals surface area (Å²) in [5.41, 5.74) is 10.7. The summed E-state index contributed by atoms with van der Waals surface area (Å²) in [6, 6.07) is 1.11. The van der Waals surface area contributed by atoms with Crippen molar-refractivity contribution in [3.8, 4) is 0 Å². The largest absolute Gasteiger partial charge is 0.396 e. The van der Waals surface area contributed by atoms with E-state index in [9.17, 15) is 9.18 Å². The molecule has 1 aromatic rings. The third kappa shape index (κ3) is 1.27. The van der Waals surface area contributed by atoms with Gasteiger partial charge >= 0.3 is 0 Å². The van der Waals surface area contributed by atoms with E-state index in [0.29, 0.717) is 10.8 Å². The minimum Gasteiger partial charge on any atom is -0.396 e. The number of aldehydes is 1. The van der Waals surface area contributed by atoms with Crippen molar-refractivity contribution in [1.82, 2.24) is 0 Å². The monoisotopic (exact) mass is 232 g/mol. The summed E-state index contributed by atoms with van der Waals surface area (Å²) in [5, 5.41) is 0. The first kappa shape index (κ1) is 8.99. The van der Waals surface area contributed by atoms with E-state index < -0.39 is 5.82 Å². The predicted octanol–water partition coefficient (Wildman–Crippen LogP) is 1.57. The maximum Gasteiger partial charge on any atom is 0.155 e. The molecule has 0 aliphatic carbocycles. The zero-order valence-corrected chi connectivity index (χ0v) is 7.56. The lowest BCUT2D eigenvalue weighted by molar-refractivity contribution is 0.112. The van der Waals surface area contributed by atoms with Crippen LogP contribution in [0.2, 0.25) is 0 Å². The molecular weight excluding hydrogens is 227 g/mol. The predicted molar refractivity (Wildman–Crippen MR) is 48.3 cm³/mol. The zero-order chi connectivity index (χ0) is 9.30. The number of hydrogen-bond acceptors (Lipinski definition) is 3. The van der Waals surface area contributed by atoms with Crippen LogP contribution in [0.3, 0.4) is 0 Å². The van der Waals surface area contributed by atoms with Crippen molar-refractivity contribution in [2.45, 2.75) is 0 Å². The summed E-state index contributed by atoms with van der Waals surface area (Å²) in [6.07, 6.45) is 0.341. The van der Waals surface area contributed by atoms with E-state index in [2.05, 4.69) is 15.9 Å². The lowest BCUT2D eigenvalue weighted by Crippen LogP contribution is -2.02. The van der Waals surface area contributed by atoms with Crippen molar-refractivity contribution in [3.63, 3.8) is 0 Å². The number of nitrogen functional groups attached to an aromatic ring is 2. The Labute approximate surface area is 76.7 Å². The van der Waals surface area contributed by atoms with Crippen LogP contribution in [0.1, 0.15) is 10.4 Å². The Kier molecular flexibility index (Phi) is 2.32. The Morgan fingerprint density at radius 2 is 2.00 bits per heavy atom. The van der Waals surface area contributed by atoms with E-state index in [-0.39, 0.29) is 16.9 Å². The maximum atomic E-state index is 12.9. The smallest absolute Gasteiger partial charge is 0.155 e. The number of nitrogens with two attached hydrogens (primary N) is 2. The van der Waals surface area contributed by atoms with E-state index >= 15 is 0 Å². The molecule has 0 radical (unpaired) electrons. The molecule has 0 saturated heterocycles. The van der Waals surface area contributed by atoms with Gasteiger partial charge < -0.3 is 11.5 Å². The van der Waals surface area contributed by atoms with Crippen LogP contribution in [-0.2, 0) is 0 Å². The maximum absolute atomic E-state index is 12.9. The molecule has 64 valence electrons. The minimum atomic E-state index is -0.677. The van der Waals surface area contributed by atoms with Crippen molar-refractivity contribution < 1.29 is 9.18 Å². The Hall–Kier alpha value is -1.10. The van der Waals surface area contributed by atoms with Gasteiger partial charge in [-0.1, -0.05) is 0 Å². The van der Waals surface area contributed by atoms with Gasteiger partial charge in [-0.05, 0) is 22.0 Å². The van der Waals surface area contributed by atoms with Crippen LogP contribution in [0.5, 0.6) is 0 Å². The van der Waals surface area contributed by atoms with Crippen LogP contribution in [0.4, 0.5) is 15.8 Å². The van der Waals surface area contributed by atoms with Crippen LogP contribution in [0.25, 0.3) is 0 Å². The highest BCUT2D eigenvalue weighted by Gasteiger charge is 2.11. The minimum absolute atomic E-state index is 0.0307. The molecular formula is C7H6BrFN2O. The average molecular weight is 233 g/mol. The number of hydrogen-bond donors (Lipinski definition) is 2. The summed E-state index contributed by atoms with van der Waals surface area (Å²) in [6.45, 7) is 0. The first-order chi connectivity index (χ1) is 5.57. The van der Waals surface area contributed by atoms with Crippen molar-refractivity contribution in [1.29, 1.82) is 0 Å². The SMILES string of the molecule is Nc1c(Br)cc(F)c(C=O)c1N. The average Bonchev–Trinajstić information content (AvgIpc) is 2.01. The van der Waals surface area contributed by atoms with Crippen molar-refractivity contribution in [2.75, 3.05) is 11.5 Å². The molecule has 0 heterocycles. The van der Waals surface area contributed by atoms with Gasteiger partial charge in [0, 0.05) is 4.47 Å². The molecule has 0 aromatic heterocycles. The molecule has 0 aliphatic heterocycles. The first-order valence-electron chi connectivity index (χ1n) is 3.06. The lowest BCUT2D eigenvalue weighted by Gasteiger charge is -2.05. The molecule has 0 atom stereocenters. The summed E-state index contributed by atoms with van der Waals surface area (Å²) in [4.78, 5) is 10.3. The second kappa shape index (κ2) is 3.10. The summed E-state index contributed by atoms with van der Waals surface area (Å²) in [7, 11) is 0. The summed E-state index contributed by atoms with van der Waals surface area (Å²) in [5.74, 6) is -0.677. The van der Waals surface area contributed by atoms with E-state index in [1.807, 2.05) is 0 Å². The number of carbonyl (C=O) groups is 1. The Bertz CT molecular complexity index is 341. The fraction of sp³-hybridized carbons (Fsp3) is 0. The Balaban J connectivity index is 3.51. The van der Waals surface area contributed by atoms with Crippen LogP contribution < -0.4 is 11.5 Å². The fourth-order valence-electron chi connectivity index (χ4n) is 0.789. The zero-order valence-electron chi connectivity index (χ0n) is 5.97. The molecule has 3 nitrogen and oxygen atoms in total. The first-order valence-corrected chi connectivity index (χ1v) is 3.85. The highest BCUT2D eigenvalue weighted by atomic mass is 79.9.